The Hall–Kier alpha value is -3.07. The fourth-order valence-electron chi connectivity index (χ4n) is 3.82. The molecule has 0 aromatic heterocycles. The fraction of sp³-hybridized carbons (Fsp3) is 0.208. The van der Waals surface area contributed by atoms with Gasteiger partial charge in [-0.15, -0.1) is 0 Å². The van der Waals surface area contributed by atoms with Crippen LogP contribution in [0.2, 0.25) is 0 Å². The summed E-state index contributed by atoms with van der Waals surface area (Å²) in [5.41, 5.74) is 3.47. The maximum atomic E-state index is 12.9. The van der Waals surface area contributed by atoms with Gasteiger partial charge in [0.25, 0.3) is 5.91 Å². The first-order chi connectivity index (χ1) is 13.2. The van der Waals surface area contributed by atoms with E-state index in [-0.39, 0.29) is 17.9 Å². The van der Waals surface area contributed by atoms with Gasteiger partial charge in [-0.3, -0.25) is 4.79 Å². The molecule has 0 saturated heterocycles. The summed E-state index contributed by atoms with van der Waals surface area (Å²) < 4.78 is 5.85. The molecule has 0 bridgehead atoms. The monoisotopic (exact) mass is 357 g/mol. The third-order valence-electron chi connectivity index (χ3n) is 5.13. The summed E-state index contributed by atoms with van der Waals surface area (Å²) in [5, 5.41) is 3.19. The van der Waals surface area contributed by atoms with Gasteiger partial charge in [-0.2, -0.15) is 0 Å². The van der Waals surface area contributed by atoms with Crippen molar-refractivity contribution < 1.29 is 9.53 Å². The number of rotatable bonds is 5. The molecule has 1 aliphatic heterocycles. The number of ether oxygens (including phenoxy) is 1. The van der Waals surface area contributed by atoms with Crippen LogP contribution in [-0.4, -0.2) is 18.1 Å². The van der Waals surface area contributed by atoms with Crippen molar-refractivity contribution in [2.24, 2.45) is 0 Å². The molecule has 2 unspecified atom stereocenters. The van der Waals surface area contributed by atoms with E-state index in [0.717, 1.165) is 11.3 Å². The summed E-state index contributed by atoms with van der Waals surface area (Å²) in [6, 6.07) is 28.4. The molecule has 0 spiro atoms. The predicted molar refractivity (Wildman–Crippen MR) is 107 cm³/mol. The molecule has 3 nitrogen and oxygen atoms in total. The lowest BCUT2D eigenvalue weighted by Crippen LogP contribution is -2.44. The second kappa shape index (κ2) is 7.67. The van der Waals surface area contributed by atoms with Crippen LogP contribution in [-0.2, 0) is 11.2 Å². The fourth-order valence-corrected chi connectivity index (χ4v) is 3.82. The van der Waals surface area contributed by atoms with Gasteiger partial charge in [-0.25, -0.2) is 0 Å². The minimum atomic E-state index is -0.461. The zero-order valence-corrected chi connectivity index (χ0v) is 15.3. The van der Waals surface area contributed by atoms with Gasteiger partial charge in [0.2, 0.25) is 0 Å². The van der Waals surface area contributed by atoms with E-state index < -0.39 is 6.10 Å². The molecule has 3 aromatic carbocycles. The minimum absolute atomic E-state index is 0.0597. The molecular weight excluding hydrogens is 334 g/mol. The Labute approximate surface area is 160 Å². The molecule has 1 N–H and O–H groups in total. The molecule has 0 aliphatic carbocycles. The van der Waals surface area contributed by atoms with Gasteiger partial charge >= 0.3 is 0 Å². The highest BCUT2D eigenvalue weighted by atomic mass is 16.5. The standard InChI is InChI=1S/C24H23NO2/c1-17(25-24(26)22-16-20-14-8-9-15-21(20)27-22)23(18-10-4-2-5-11-18)19-12-6-3-7-13-19/h2-15,17,22-23H,16H2,1H3,(H,25,26). The number of carbonyl (C=O) groups is 1. The van der Waals surface area contributed by atoms with Crippen LogP contribution in [0.1, 0.15) is 29.5 Å². The summed E-state index contributed by atoms with van der Waals surface area (Å²) in [6.07, 6.45) is 0.160. The van der Waals surface area contributed by atoms with E-state index >= 15 is 0 Å². The van der Waals surface area contributed by atoms with E-state index in [4.69, 9.17) is 4.74 Å². The maximum Gasteiger partial charge on any atom is 0.261 e. The Balaban J connectivity index is 1.52. The lowest BCUT2D eigenvalue weighted by molar-refractivity contribution is -0.127. The van der Waals surface area contributed by atoms with Crippen LogP contribution < -0.4 is 10.1 Å². The van der Waals surface area contributed by atoms with Gasteiger partial charge in [0.1, 0.15) is 5.75 Å². The van der Waals surface area contributed by atoms with Crippen LogP contribution in [0, 0.1) is 0 Å². The molecule has 0 radical (unpaired) electrons. The van der Waals surface area contributed by atoms with E-state index in [0.29, 0.717) is 6.42 Å². The molecule has 3 aromatic rings. The Bertz CT molecular complexity index is 843. The van der Waals surface area contributed by atoms with E-state index in [1.54, 1.807) is 0 Å². The summed E-state index contributed by atoms with van der Waals surface area (Å²) >= 11 is 0. The van der Waals surface area contributed by atoms with Gasteiger partial charge in [-0.1, -0.05) is 78.9 Å². The Morgan fingerprint density at radius 2 is 1.44 bits per heavy atom. The highest BCUT2D eigenvalue weighted by molar-refractivity contribution is 5.83. The minimum Gasteiger partial charge on any atom is -0.480 e. The molecule has 136 valence electrons. The number of para-hydroxylation sites is 1. The first kappa shape index (κ1) is 17.3. The molecule has 1 aliphatic rings. The Kier molecular flexibility index (Phi) is 4.93. The van der Waals surface area contributed by atoms with E-state index in [1.165, 1.54) is 11.1 Å². The molecule has 4 rings (SSSR count). The average Bonchev–Trinajstić information content (AvgIpc) is 3.14. The topological polar surface area (TPSA) is 38.3 Å². The smallest absolute Gasteiger partial charge is 0.261 e. The number of hydrogen-bond donors (Lipinski definition) is 1. The molecule has 2 atom stereocenters. The lowest BCUT2D eigenvalue weighted by atomic mass is 9.85. The van der Waals surface area contributed by atoms with Crippen LogP contribution >= 0.6 is 0 Å². The van der Waals surface area contributed by atoms with Crippen molar-refractivity contribution in [3.05, 3.63) is 102 Å². The zero-order valence-electron chi connectivity index (χ0n) is 15.3. The van der Waals surface area contributed by atoms with Crippen LogP contribution in [0.4, 0.5) is 0 Å². The van der Waals surface area contributed by atoms with Crippen molar-refractivity contribution in [3.63, 3.8) is 0 Å². The largest absolute Gasteiger partial charge is 0.480 e. The number of benzene rings is 3. The van der Waals surface area contributed by atoms with Crippen LogP contribution in [0.15, 0.2) is 84.9 Å². The van der Waals surface area contributed by atoms with Gasteiger partial charge < -0.3 is 10.1 Å². The Morgan fingerprint density at radius 1 is 0.889 bits per heavy atom. The predicted octanol–water partition coefficient (Wildman–Crippen LogP) is 4.33. The number of fused-ring (bicyclic) bond motifs is 1. The van der Waals surface area contributed by atoms with Crippen molar-refractivity contribution in [2.75, 3.05) is 0 Å². The van der Waals surface area contributed by atoms with Crippen molar-refractivity contribution in [1.82, 2.24) is 5.32 Å². The first-order valence-electron chi connectivity index (χ1n) is 9.37. The van der Waals surface area contributed by atoms with Crippen molar-refractivity contribution in [1.29, 1.82) is 0 Å². The van der Waals surface area contributed by atoms with E-state index in [2.05, 4.69) is 36.5 Å². The second-order valence-electron chi connectivity index (χ2n) is 7.01. The highest BCUT2D eigenvalue weighted by Gasteiger charge is 2.31. The molecule has 1 amide bonds. The Morgan fingerprint density at radius 3 is 2.04 bits per heavy atom. The van der Waals surface area contributed by atoms with Crippen molar-refractivity contribution >= 4 is 5.91 Å². The first-order valence-corrected chi connectivity index (χ1v) is 9.37. The summed E-state index contributed by atoms with van der Waals surface area (Å²) in [5.74, 6) is 0.837. The summed E-state index contributed by atoms with van der Waals surface area (Å²) in [4.78, 5) is 12.9. The molecule has 27 heavy (non-hydrogen) atoms. The highest BCUT2D eigenvalue weighted by Crippen LogP contribution is 2.30. The third kappa shape index (κ3) is 3.72. The van der Waals surface area contributed by atoms with Gasteiger partial charge in [-0.05, 0) is 29.7 Å². The quantitative estimate of drug-likeness (QED) is 0.738. The van der Waals surface area contributed by atoms with Crippen LogP contribution in [0.3, 0.4) is 0 Å². The van der Waals surface area contributed by atoms with Crippen molar-refractivity contribution in [3.8, 4) is 5.75 Å². The summed E-state index contributed by atoms with van der Waals surface area (Å²) in [7, 11) is 0. The van der Waals surface area contributed by atoms with Crippen molar-refractivity contribution in [2.45, 2.75) is 31.4 Å². The zero-order chi connectivity index (χ0) is 18.6. The molecule has 3 heteroatoms. The third-order valence-corrected chi connectivity index (χ3v) is 5.13. The lowest BCUT2D eigenvalue weighted by Gasteiger charge is -2.27. The van der Waals surface area contributed by atoms with Gasteiger partial charge in [0.05, 0.1) is 0 Å². The van der Waals surface area contributed by atoms with E-state index in [1.807, 2.05) is 60.7 Å². The summed E-state index contributed by atoms with van der Waals surface area (Å²) in [6.45, 7) is 2.06. The average molecular weight is 357 g/mol. The van der Waals surface area contributed by atoms with Crippen LogP contribution in [0.25, 0.3) is 0 Å². The molecule has 1 heterocycles. The molecule has 0 saturated carbocycles. The van der Waals surface area contributed by atoms with Gasteiger partial charge in [0, 0.05) is 18.4 Å². The molecular formula is C24H23NO2. The van der Waals surface area contributed by atoms with Crippen LogP contribution in [0.5, 0.6) is 5.75 Å². The number of nitrogens with one attached hydrogen (secondary N) is 1. The number of amides is 1. The SMILES string of the molecule is CC(NC(=O)C1Cc2ccccc2O1)C(c1ccccc1)c1ccccc1. The van der Waals surface area contributed by atoms with Gasteiger partial charge in [0.15, 0.2) is 6.10 Å². The number of hydrogen-bond acceptors (Lipinski definition) is 2. The maximum absolute atomic E-state index is 12.9. The normalized spacial score (nSPS) is 16.4. The molecule has 0 fully saturated rings. The number of carbonyl (C=O) groups excluding carboxylic acids is 1. The van der Waals surface area contributed by atoms with E-state index in [9.17, 15) is 4.79 Å². The second-order valence-corrected chi connectivity index (χ2v) is 7.01.